The van der Waals surface area contributed by atoms with Crippen LogP contribution in [0.4, 0.5) is 0 Å². The van der Waals surface area contributed by atoms with Gasteiger partial charge in [0.25, 0.3) is 0 Å². The number of hydrogen-bond acceptors (Lipinski definition) is 4. The van der Waals surface area contributed by atoms with E-state index in [1.165, 1.54) is 83.8 Å². The lowest BCUT2D eigenvalue weighted by Gasteiger charge is -2.54. The predicted molar refractivity (Wildman–Crippen MR) is 114 cm³/mol. The second kappa shape index (κ2) is 6.50. The highest BCUT2D eigenvalue weighted by molar-refractivity contribution is 5.20. The molecule has 3 aliphatic heterocycles. The summed E-state index contributed by atoms with van der Waals surface area (Å²) in [6.45, 7) is 6.17. The molecule has 0 amide bonds. The van der Waals surface area contributed by atoms with Crippen LogP contribution in [0.1, 0.15) is 64.2 Å². The van der Waals surface area contributed by atoms with Crippen molar-refractivity contribution >= 4 is 0 Å². The van der Waals surface area contributed by atoms with Gasteiger partial charge in [0.15, 0.2) is 0 Å². The van der Waals surface area contributed by atoms with Crippen LogP contribution in [-0.2, 0) is 0 Å². The molecule has 6 rings (SSSR count). The van der Waals surface area contributed by atoms with E-state index in [1.54, 1.807) is 0 Å². The van der Waals surface area contributed by atoms with Gasteiger partial charge in [-0.25, -0.2) is 0 Å². The summed E-state index contributed by atoms with van der Waals surface area (Å²) >= 11 is 0. The Morgan fingerprint density at radius 2 is 1.68 bits per heavy atom. The van der Waals surface area contributed by atoms with E-state index in [4.69, 9.17) is 0 Å². The van der Waals surface area contributed by atoms with Crippen molar-refractivity contribution in [3.8, 4) is 0 Å². The lowest BCUT2D eigenvalue weighted by atomic mass is 9.61. The van der Waals surface area contributed by atoms with Gasteiger partial charge in [-0.3, -0.25) is 4.90 Å². The Bertz CT molecular complexity index is 650. The lowest BCUT2D eigenvalue weighted by Crippen LogP contribution is -2.56. The Kier molecular flexibility index (Phi) is 4.14. The Morgan fingerprint density at radius 1 is 0.857 bits per heavy atom. The van der Waals surface area contributed by atoms with Gasteiger partial charge < -0.3 is 15.5 Å². The maximum atomic E-state index is 3.82. The zero-order chi connectivity index (χ0) is 18.7. The average Bonchev–Trinajstić information content (AvgIpc) is 3.25. The maximum absolute atomic E-state index is 3.82. The topological polar surface area (TPSA) is 30.5 Å². The fourth-order valence-electron chi connectivity index (χ4n) is 7.43. The van der Waals surface area contributed by atoms with Crippen molar-refractivity contribution in [3.63, 3.8) is 0 Å². The van der Waals surface area contributed by atoms with Crippen LogP contribution in [0.3, 0.4) is 0 Å². The van der Waals surface area contributed by atoms with E-state index in [0.717, 1.165) is 25.3 Å². The highest BCUT2D eigenvalue weighted by Gasteiger charge is 2.52. The number of allylic oxidation sites excluding steroid dienone is 1. The first-order valence-corrected chi connectivity index (χ1v) is 12.0. The molecule has 3 heterocycles. The fraction of sp³-hybridized carbons (Fsp3) is 0.833. The van der Waals surface area contributed by atoms with Gasteiger partial charge in [-0.1, -0.05) is 25.0 Å². The van der Waals surface area contributed by atoms with Crippen LogP contribution in [0, 0.1) is 16.2 Å². The van der Waals surface area contributed by atoms with Crippen LogP contribution < -0.4 is 10.6 Å². The second-order valence-corrected chi connectivity index (χ2v) is 11.2. The summed E-state index contributed by atoms with van der Waals surface area (Å²) in [5.74, 6) is 0. The van der Waals surface area contributed by atoms with Gasteiger partial charge in [-0.15, -0.1) is 0 Å². The van der Waals surface area contributed by atoms with E-state index in [9.17, 15) is 0 Å². The van der Waals surface area contributed by atoms with E-state index in [-0.39, 0.29) is 0 Å². The van der Waals surface area contributed by atoms with Crippen LogP contribution in [0.2, 0.25) is 0 Å². The monoisotopic (exact) mass is 382 g/mol. The SMILES string of the molecule is C1=CC2(CCN1)CC(N1C=CC3(CC(N4CCC5(CCCC5)CNC4)C3)C1)C2. The third kappa shape index (κ3) is 2.94. The van der Waals surface area contributed by atoms with Crippen molar-refractivity contribution in [1.82, 2.24) is 20.4 Å². The minimum Gasteiger partial charge on any atom is -0.391 e. The summed E-state index contributed by atoms with van der Waals surface area (Å²) in [5.41, 5.74) is 1.66. The van der Waals surface area contributed by atoms with Gasteiger partial charge in [-0.05, 0) is 74.6 Å². The first kappa shape index (κ1) is 17.8. The van der Waals surface area contributed by atoms with E-state index in [0.29, 0.717) is 16.2 Å². The molecular weight excluding hydrogens is 344 g/mol. The molecule has 0 radical (unpaired) electrons. The summed E-state index contributed by atoms with van der Waals surface area (Å²) < 4.78 is 0. The molecule has 3 saturated carbocycles. The Labute approximate surface area is 170 Å². The zero-order valence-electron chi connectivity index (χ0n) is 17.5. The molecular formula is C24H38N4. The molecule has 0 bridgehead atoms. The second-order valence-electron chi connectivity index (χ2n) is 11.2. The Balaban J connectivity index is 1.01. The smallest absolute Gasteiger partial charge is 0.0483 e. The minimum absolute atomic E-state index is 0.495. The van der Waals surface area contributed by atoms with Crippen LogP contribution in [0.25, 0.3) is 0 Å². The summed E-state index contributed by atoms with van der Waals surface area (Å²) in [7, 11) is 0. The van der Waals surface area contributed by atoms with E-state index in [1.807, 2.05) is 0 Å². The molecule has 1 saturated heterocycles. The number of hydrogen-bond donors (Lipinski definition) is 2. The minimum atomic E-state index is 0.495. The van der Waals surface area contributed by atoms with E-state index < -0.39 is 0 Å². The van der Waals surface area contributed by atoms with Crippen molar-refractivity contribution in [1.29, 1.82) is 0 Å². The van der Waals surface area contributed by atoms with Crippen LogP contribution in [0.15, 0.2) is 24.6 Å². The standard InChI is InChI=1S/C24H38N4/c1-2-4-22(3-1)7-12-28(19-26-17-22)21-15-24(16-21)8-11-27(18-24)20-13-23(14-20)5-9-25-10-6-23/h5,8-9,11,20-21,25-26H,1-4,6-7,10,12-19H2. The van der Waals surface area contributed by atoms with Crippen molar-refractivity contribution in [2.24, 2.45) is 16.2 Å². The molecule has 4 heteroatoms. The molecule has 0 aromatic heterocycles. The highest BCUT2D eigenvalue weighted by atomic mass is 15.3. The third-order valence-electron chi connectivity index (χ3n) is 9.40. The molecule has 28 heavy (non-hydrogen) atoms. The van der Waals surface area contributed by atoms with Gasteiger partial charge >= 0.3 is 0 Å². The van der Waals surface area contributed by atoms with Gasteiger partial charge in [0, 0.05) is 50.3 Å². The van der Waals surface area contributed by atoms with Crippen LogP contribution in [-0.4, -0.2) is 54.7 Å². The van der Waals surface area contributed by atoms with Crippen LogP contribution in [0.5, 0.6) is 0 Å². The van der Waals surface area contributed by atoms with Crippen molar-refractivity contribution in [3.05, 3.63) is 24.6 Å². The summed E-state index contributed by atoms with van der Waals surface area (Å²) in [4.78, 5) is 5.48. The Hall–Kier alpha value is -1.00. The Morgan fingerprint density at radius 3 is 2.46 bits per heavy atom. The number of rotatable bonds is 2. The first-order chi connectivity index (χ1) is 13.7. The molecule has 3 aliphatic carbocycles. The number of nitrogens with zero attached hydrogens (tertiary/aromatic N) is 2. The molecule has 3 spiro atoms. The normalized spacial score (nSPS) is 44.6. The quantitative estimate of drug-likeness (QED) is 0.766. The summed E-state index contributed by atoms with van der Waals surface area (Å²) in [6, 6.07) is 1.60. The molecule has 154 valence electrons. The molecule has 0 aromatic rings. The van der Waals surface area contributed by atoms with Crippen LogP contribution >= 0.6 is 0 Å². The molecule has 4 fully saturated rings. The molecule has 6 aliphatic rings. The third-order valence-corrected chi connectivity index (χ3v) is 9.40. The van der Waals surface area contributed by atoms with Gasteiger partial charge in [-0.2, -0.15) is 0 Å². The molecule has 0 aromatic carbocycles. The fourth-order valence-corrected chi connectivity index (χ4v) is 7.43. The summed E-state index contributed by atoms with van der Waals surface area (Å²) in [6.07, 6.45) is 23.8. The number of nitrogens with one attached hydrogen (secondary N) is 2. The molecule has 4 nitrogen and oxygen atoms in total. The predicted octanol–water partition coefficient (Wildman–Crippen LogP) is 3.43. The molecule has 0 atom stereocenters. The van der Waals surface area contributed by atoms with E-state index >= 15 is 0 Å². The first-order valence-electron chi connectivity index (χ1n) is 12.0. The van der Waals surface area contributed by atoms with Gasteiger partial charge in [0.05, 0.1) is 0 Å². The molecule has 0 unspecified atom stereocenters. The van der Waals surface area contributed by atoms with E-state index in [2.05, 4.69) is 45.0 Å². The van der Waals surface area contributed by atoms with Crippen molar-refractivity contribution < 1.29 is 0 Å². The lowest BCUT2D eigenvalue weighted by molar-refractivity contribution is -0.00351. The highest BCUT2D eigenvalue weighted by Crippen LogP contribution is 2.54. The maximum Gasteiger partial charge on any atom is 0.0483 e. The van der Waals surface area contributed by atoms with Crippen molar-refractivity contribution in [2.45, 2.75) is 76.3 Å². The largest absolute Gasteiger partial charge is 0.391 e. The summed E-state index contributed by atoms with van der Waals surface area (Å²) in [5, 5.41) is 7.18. The zero-order valence-corrected chi connectivity index (χ0v) is 17.5. The van der Waals surface area contributed by atoms with Gasteiger partial charge in [0.2, 0.25) is 0 Å². The average molecular weight is 383 g/mol. The molecule has 2 N–H and O–H groups in total. The van der Waals surface area contributed by atoms with Gasteiger partial charge in [0.1, 0.15) is 0 Å². The van der Waals surface area contributed by atoms with Crippen molar-refractivity contribution in [2.75, 3.05) is 32.8 Å².